The normalized spacial score (nSPS) is 14.2. The summed E-state index contributed by atoms with van der Waals surface area (Å²) in [4.78, 5) is 16.9. The molecule has 2 aromatic rings. The van der Waals surface area contributed by atoms with Crippen LogP contribution in [0.4, 0.5) is 4.39 Å². The number of hydrogen-bond donors (Lipinski definition) is 1. The van der Waals surface area contributed by atoms with Crippen molar-refractivity contribution >= 4 is 5.91 Å². The van der Waals surface area contributed by atoms with Crippen LogP contribution in [0.5, 0.6) is 5.75 Å². The number of carbonyl (C=O) groups is 1. The highest BCUT2D eigenvalue weighted by molar-refractivity contribution is 5.91. The summed E-state index contributed by atoms with van der Waals surface area (Å²) in [6.45, 7) is 4.49. The fraction of sp³-hybridized carbons (Fsp3) is 0.444. The number of rotatable bonds is 4. The van der Waals surface area contributed by atoms with Gasteiger partial charge in [0.1, 0.15) is 0 Å². The average Bonchev–Trinajstić information content (AvgIpc) is 2.98. The van der Waals surface area contributed by atoms with Gasteiger partial charge in [0, 0.05) is 18.4 Å². The molecule has 1 N–H and O–H groups in total. The van der Waals surface area contributed by atoms with Crippen LogP contribution in [-0.4, -0.2) is 22.6 Å². The first kappa shape index (κ1) is 16.5. The molecule has 1 aromatic carbocycles. The smallest absolute Gasteiger partial charge is 0.287 e. The minimum atomic E-state index is -0.731. The maximum absolute atomic E-state index is 14.0. The van der Waals surface area contributed by atoms with Gasteiger partial charge in [-0.3, -0.25) is 4.79 Å². The maximum atomic E-state index is 14.0. The molecule has 0 saturated carbocycles. The van der Waals surface area contributed by atoms with Crippen LogP contribution in [0.15, 0.2) is 24.4 Å². The fourth-order valence-corrected chi connectivity index (χ4v) is 3.08. The van der Waals surface area contributed by atoms with Crippen molar-refractivity contribution in [3.63, 3.8) is 0 Å². The van der Waals surface area contributed by atoms with Gasteiger partial charge in [-0.1, -0.05) is 6.07 Å². The van der Waals surface area contributed by atoms with E-state index in [1.54, 1.807) is 18.3 Å². The van der Waals surface area contributed by atoms with Crippen molar-refractivity contribution in [2.75, 3.05) is 7.11 Å². The maximum Gasteiger partial charge on any atom is 0.287 e. The van der Waals surface area contributed by atoms with Gasteiger partial charge >= 0.3 is 0 Å². The Morgan fingerprint density at radius 3 is 2.88 bits per heavy atom. The van der Waals surface area contributed by atoms with Gasteiger partial charge in [-0.05, 0) is 50.8 Å². The number of halogens is 1. The summed E-state index contributed by atoms with van der Waals surface area (Å²) < 4.78 is 20.9. The van der Waals surface area contributed by atoms with Crippen molar-refractivity contribution in [2.45, 2.75) is 45.2 Å². The number of carbonyl (C=O) groups excluding carboxylic acids is 1. The molecule has 0 bridgehead atoms. The molecule has 0 unspecified atom stereocenters. The van der Waals surface area contributed by atoms with E-state index in [0.29, 0.717) is 11.4 Å². The molecule has 128 valence electrons. The molecule has 1 aliphatic rings. The Labute approximate surface area is 140 Å². The van der Waals surface area contributed by atoms with Gasteiger partial charge in [0.15, 0.2) is 17.4 Å². The Morgan fingerprint density at radius 2 is 2.17 bits per heavy atom. The topological polar surface area (TPSA) is 56.1 Å². The van der Waals surface area contributed by atoms with E-state index in [1.165, 1.54) is 13.2 Å². The van der Waals surface area contributed by atoms with Gasteiger partial charge in [-0.25, -0.2) is 9.37 Å². The lowest BCUT2D eigenvalue weighted by Gasteiger charge is -2.27. The van der Waals surface area contributed by atoms with Crippen LogP contribution in [0, 0.1) is 5.82 Å². The van der Waals surface area contributed by atoms with Crippen molar-refractivity contribution in [1.82, 2.24) is 14.9 Å². The van der Waals surface area contributed by atoms with Crippen molar-refractivity contribution in [1.29, 1.82) is 0 Å². The number of ether oxygens (including phenoxy) is 1. The zero-order valence-electron chi connectivity index (χ0n) is 14.2. The van der Waals surface area contributed by atoms with E-state index in [9.17, 15) is 9.18 Å². The number of hydrogen-bond acceptors (Lipinski definition) is 3. The number of nitrogens with one attached hydrogen (secondary N) is 1. The van der Waals surface area contributed by atoms with Crippen LogP contribution in [-0.2, 0) is 18.5 Å². The third-order valence-electron chi connectivity index (χ3n) is 4.51. The first-order valence-corrected chi connectivity index (χ1v) is 8.13. The molecule has 0 fully saturated rings. The molecule has 0 atom stereocenters. The number of amides is 1. The van der Waals surface area contributed by atoms with Crippen LogP contribution >= 0.6 is 0 Å². The van der Waals surface area contributed by atoms with Crippen LogP contribution in [0.1, 0.15) is 48.6 Å². The third-order valence-corrected chi connectivity index (χ3v) is 4.51. The van der Waals surface area contributed by atoms with Gasteiger partial charge in [0.05, 0.1) is 12.6 Å². The molecule has 0 aliphatic carbocycles. The second-order valence-corrected chi connectivity index (χ2v) is 6.61. The molecule has 5 nitrogen and oxygen atoms in total. The first-order valence-electron chi connectivity index (χ1n) is 8.13. The Bertz CT molecular complexity index is 768. The van der Waals surface area contributed by atoms with E-state index in [0.717, 1.165) is 31.5 Å². The Morgan fingerprint density at radius 1 is 1.38 bits per heavy atom. The van der Waals surface area contributed by atoms with E-state index >= 15 is 0 Å². The van der Waals surface area contributed by atoms with Crippen molar-refractivity contribution < 1.29 is 13.9 Å². The molecular formula is C18H22FN3O2. The molecule has 2 heterocycles. The molecule has 1 aromatic heterocycles. The lowest BCUT2D eigenvalue weighted by atomic mass is 9.94. The summed E-state index contributed by atoms with van der Waals surface area (Å²) in [6, 6.07) is 4.71. The number of methoxy groups -OCH3 is 1. The second-order valence-electron chi connectivity index (χ2n) is 6.61. The molecule has 3 rings (SSSR count). The lowest BCUT2D eigenvalue weighted by Crippen LogP contribution is -2.42. The zero-order chi connectivity index (χ0) is 17.3. The van der Waals surface area contributed by atoms with Crippen LogP contribution in [0.25, 0.3) is 0 Å². The highest BCUT2D eigenvalue weighted by atomic mass is 19.1. The number of benzene rings is 1. The first-order chi connectivity index (χ1) is 11.4. The van der Waals surface area contributed by atoms with Gasteiger partial charge in [-0.2, -0.15) is 0 Å². The second kappa shape index (κ2) is 6.26. The number of aromatic nitrogens is 2. The van der Waals surface area contributed by atoms with Crippen LogP contribution in [0.3, 0.4) is 0 Å². The van der Waals surface area contributed by atoms with E-state index in [2.05, 4.69) is 10.3 Å². The number of fused-ring (bicyclic) bond motifs is 1. The minimum absolute atomic E-state index is 0.184. The van der Waals surface area contributed by atoms with Crippen LogP contribution < -0.4 is 10.1 Å². The SMILES string of the molecule is COc1ccc(C(C)(C)NC(=O)c2ncc3n2CCCC3)cc1F. The number of aryl methyl sites for hydroxylation is 1. The molecule has 24 heavy (non-hydrogen) atoms. The lowest BCUT2D eigenvalue weighted by molar-refractivity contribution is 0.0895. The highest BCUT2D eigenvalue weighted by Crippen LogP contribution is 2.26. The fourth-order valence-electron chi connectivity index (χ4n) is 3.08. The van der Waals surface area contributed by atoms with Gasteiger partial charge in [0.25, 0.3) is 5.91 Å². The summed E-state index contributed by atoms with van der Waals surface area (Å²) in [5, 5.41) is 2.96. The summed E-state index contributed by atoms with van der Waals surface area (Å²) in [7, 11) is 1.42. The summed E-state index contributed by atoms with van der Waals surface area (Å²) in [6.07, 6.45) is 4.90. The zero-order valence-corrected chi connectivity index (χ0v) is 14.2. The highest BCUT2D eigenvalue weighted by Gasteiger charge is 2.27. The van der Waals surface area contributed by atoms with Crippen LogP contribution in [0.2, 0.25) is 0 Å². The number of nitrogens with zero attached hydrogens (tertiary/aromatic N) is 2. The Balaban J connectivity index is 1.82. The Kier molecular flexibility index (Phi) is 4.30. The third kappa shape index (κ3) is 3.00. The number of imidazole rings is 1. The van der Waals surface area contributed by atoms with Gasteiger partial charge in [-0.15, -0.1) is 0 Å². The quantitative estimate of drug-likeness (QED) is 0.937. The predicted octanol–water partition coefficient (Wildman–Crippen LogP) is 3.03. The van der Waals surface area contributed by atoms with E-state index in [-0.39, 0.29) is 11.7 Å². The van der Waals surface area contributed by atoms with Crippen molar-refractivity contribution in [3.05, 3.63) is 47.3 Å². The molecule has 0 saturated heterocycles. The summed E-state index contributed by atoms with van der Waals surface area (Å²) in [5.41, 5.74) is 1.03. The summed E-state index contributed by atoms with van der Waals surface area (Å²) in [5.74, 6) is -0.0881. The van der Waals surface area contributed by atoms with Gasteiger partial charge < -0.3 is 14.6 Å². The predicted molar refractivity (Wildman–Crippen MR) is 88.6 cm³/mol. The van der Waals surface area contributed by atoms with Crippen molar-refractivity contribution in [3.8, 4) is 5.75 Å². The van der Waals surface area contributed by atoms with E-state index in [4.69, 9.17) is 4.74 Å². The molecule has 0 radical (unpaired) electrons. The van der Waals surface area contributed by atoms with Gasteiger partial charge in [0.2, 0.25) is 0 Å². The molecule has 6 heteroatoms. The monoisotopic (exact) mass is 331 g/mol. The van der Waals surface area contributed by atoms with Crippen molar-refractivity contribution in [2.24, 2.45) is 0 Å². The molecule has 1 aliphatic heterocycles. The molecule has 0 spiro atoms. The van der Waals surface area contributed by atoms with E-state index in [1.807, 2.05) is 18.4 Å². The largest absolute Gasteiger partial charge is 0.494 e. The minimum Gasteiger partial charge on any atom is -0.494 e. The molecular weight excluding hydrogens is 309 g/mol. The standard InChI is InChI=1S/C18H22FN3O2/c1-18(2,12-7-8-15(24-3)14(19)10-12)21-17(23)16-20-11-13-6-4-5-9-22(13)16/h7-8,10-11H,4-6,9H2,1-3H3,(H,21,23). The summed E-state index contributed by atoms with van der Waals surface area (Å²) >= 11 is 0. The molecule has 1 amide bonds. The average molecular weight is 331 g/mol. The van der Waals surface area contributed by atoms with E-state index < -0.39 is 11.4 Å². The Hall–Kier alpha value is -2.37.